The molecule has 1 unspecified atom stereocenters. The molecule has 0 aliphatic rings. The number of unbranched alkanes of at least 4 members (excludes halogenated alkanes) is 5. The van der Waals surface area contributed by atoms with Crippen LogP contribution in [0.25, 0.3) is 0 Å². The van der Waals surface area contributed by atoms with Crippen molar-refractivity contribution >= 4 is 0 Å². The number of allylic oxidation sites excluding steroid dienone is 1. The molecule has 0 N–H and O–H groups in total. The van der Waals surface area contributed by atoms with Crippen LogP contribution >= 0.6 is 0 Å². The van der Waals surface area contributed by atoms with Crippen LogP contribution in [0.4, 0.5) is 0 Å². The summed E-state index contributed by atoms with van der Waals surface area (Å²) < 4.78 is 0. The predicted molar refractivity (Wildman–Crippen MR) is 57.0 cm³/mol. The summed E-state index contributed by atoms with van der Waals surface area (Å²) in [5.74, 6) is 0.637. The molecule has 0 aromatic carbocycles. The zero-order chi connectivity index (χ0) is 9.23. The topological polar surface area (TPSA) is 0 Å². The van der Waals surface area contributed by atoms with Crippen LogP contribution in [0.5, 0.6) is 0 Å². The van der Waals surface area contributed by atoms with Crippen molar-refractivity contribution in [2.45, 2.75) is 51.9 Å². The van der Waals surface area contributed by atoms with Gasteiger partial charge in [-0.25, -0.2) is 0 Å². The maximum absolute atomic E-state index is 3.97. The third-order valence-corrected chi connectivity index (χ3v) is 2.11. The molecule has 12 heavy (non-hydrogen) atoms. The molecule has 0 rings (SSSR count). The van der Waals surface area contributed by atoms with Gasteiger partial charge in [0.25, 0.3) is 0 Å². The van der Waals surface area contributed by atoms with Crippen LogP contribution in [0.2, 0.25) is 0 Å². The summed E-state index contributed by atoms with van der Waals surface area (Å²) in [4.78, 5) is 0. The van der Waals surface area contributed by atoms with Gasteiger partial charge in [-0.2, -0.15) is 0 Å². The van der Waals surface area contributed by atoms with Gasteiger partial charge in [-0.1, -0.05) is 52.0 Å². The maximum atomic E-state index is 3.97. The van der Waals surface area contributed by atoms with E-state index in [1.165, 1.54) is 44.9 Å². The van der Waals surface area contributed by atoms with Crippen LogP contribution in [0.15, 0.2) is 12.7 Å². The molecule has 0 heteroatoms. The maximum Gasteiger partial charge on any atom is -0.0353 e. The third-order valence-electron chi connectivity index (χ3n) is 2.11. The minimum atomic E-state index is 0.637. The standard InChI is InChI=1S/C12H23/c1-4-5-6-7-8-9-10-11-12(2)3/h4,12H,1-2,5-11H2,3H3. The first-order valence-corrected chi connectivity index (χ1v) is 5.21. The van der Waals surface area contributed by atoms with Crippen LogP contribution in [-0.4, -0.2) is 0 Å². The normalized spacial score (nSPS) is 10.6. The Hall–Kier alpha value is -0.260. The van der Waals surface area contributed by atoms with Crippen molar-refractivity contribution < 1.29 is 0 Å². The molecular weight excluding hydrogens is 144 g/mol. The van der Waals surface area contributed by atoms with Crippen molar-refractivity contribution in [3.8, 4) is 0 Å². The zero-order valence-electron chi connectivity index (χ0n) is 8.52. The third kappa shape index (κ3) is 9.74. The molecule has 1 radical (unpaired) electrons. The number of rotatable bonds is 8. The summed E-state index contributed by atoms with van der Waals surface area (Å²) in [6.07, 6.45) is 11.3. The first-order chi connectivity index (χ1) is 5.77. The van der Waals surface area contributed by atoms with Gasteiger partial charge in [0.15, 0.2) is 0 Å². The van der Waals surface area contributed by atoms with E-state index in [1.807, 2.05) is 6.08 Å². The van der Waals surface area contributed by atoms with Crippen LogP contribution in [-0.2, 0) is 0 Å². The van der Waals surface area contributed by atoms with E-state index in [0.717, 1.165) is 0 Å². The van der Waals surface area contributed by atoms with Gasteiger partial charge < -0.3 is 0 Å². The number of hydrogen-bond acceptors (Lipinski definition) is 0. The van der Waals surface area contributed by atoms with Crippen LogP contribution in [0.1, 0.15) is 51.9 Å². The molecule has 0 aromatic heterocycles. The Morgan fingerprint density at radius 1 is 1.08 bits per heavy atom. The van der Waals surface area contributed by atoms with Gasteiger partial charge in [0.05, 0.1) is 0 Å². The fourth-order valence-corrected chi connectivity index (χ4v) is 1.31. The first kappa shape index (κ1) is 11.7. The van der Waals surface area contributed by atoms with Crippen molar-refractivity contribution in [2.75, 3.05) is 0 Å². The monoisotopic (exact) mass is 167 g/mol. The van der Waals surface area contributed by atoms with E-state index >= 15 is 0 Å². The van der Waals surface area contributed by atoms with Gasteiger partial charge in [-0.05, 0) is 18.8 Å². The Bertz CT molecular complexity index is 92.2. The van der Waals surface area contributed by atoms with E-state index in [1.54, 1.807) is 0 Å². The molecule has 0 saturated heterocycles. The minimum absolute atomic E-state index is 0.637. The van der Waals surface area contributed by atoms with Crippen molar-refractivity contribution in [2.24, 2.45) is 5.92 Å². The average molecular weight is 167 g/mol. The second kappa shape index (κ2) is 8.83. The quantitative estimate of drug-likeness (QED) is 0.372. The predicted octanol–water partition coefficient (Wildman–Crippen LogP) is 4.37. The smallest absolute Gasteiger partial charge is 0.0353 e. The van der Waals surface area contributed by atoms with Gasteiger partial charge in [-0.15, -0.1) is 6.58 Å². The van der Waals surface area contributed by atoms with Crippen molar-refractivity contribution in [1.82, 2.24) is 0 Å². The molecular formula is C12H23. The molecule has 0 amide bonds. The fraction of sp³-hybridized carbons (Fsp3) is 0.750. The van der Waals surface area contributed by atoms with E-state index in [4.69, 9.17) is 0 Å². The fourth-order valence-electron chi connectivity index (χ4n) is 1.31. The zero-order valence-corrected chi connectivity index (χ0v) is 8.52. The van der Waals surface area contributed by atoms with Crippen molar-refractivity contribution in [3.05, 3.63) is 19.6 Å². The second-order valence-electron chi connectivity index (χ2n) is 3.74. The van der Waals surface area contributed by atoms with Crippen LogP contribution in [0.3, 0.4) is 0 Å². The molecule has 0 nitrogen and oxygen atoms in total. The van der Waals surface area contributed by atoms with Gasteiger partial charge >= 0.3 is 0 Å². The molecule has 0 aromatic rings. The van der Waals surface area contributed by atoms with Gasteiger partial charge in [0, 0.05) is 0 Å². The highest BCUT2D eigenvalue weighted by Gasteiger charge is 1.93. The second-order valence-corrected chi connectivity index (χ2v) is 3.74. The highest BCUT2D eigenvalue weighted by atomic mass is 14.0. The SMILES string of the molecule is [CH2]C(C)CCCCCCCC=C. The molecule has 0 bridgehead atoms. The Morgan fingerprint density at radius 3 is 2.25 bits per heavy atom. The molecule has 1 atom stereocenters. The summed E-state index contributed by atoms with van der Waals surface area (Å²) >= 11 is 0. The molecule has 0 saturated carbocycles. The highest BCUT2D eigenvalue weighted by Crippen LogP contribution is 2.10. The molecule has 0 heterocycles. The average Bonchev–Trinajstić information content (AvgIpc) is 2.02. The molecule has 0 aliphatic carbocycles. The lowest BCUT2D eigenvalue weighted by Crippen LogP contribution is -1.87. The van der Waals surface area contributed by atoms with Crippen LogP contribution < -0.4 is 0 Å². The van der Waals surface area contributed by atoms with Gasteiger partial charge in [-0.3, -0.25) is 0 Å². The Morgan fingerprint density at radius 2 is 1.67 bits per heavy atom. The first-order valence-electron chi connectivity index (χ1n) is 5.21. The summed E-state index contributed by atoms with van der Waals surface area (Å²) in [5, 5.41) is 0. The molecule has 0 aliphatic heterocycles. The van der Waals surface area contributed by atoms with E-state index in [2.05, 4.69) is 20.4 Å². The molecule has 71 valence electrons. The van der Waals surface area contributed by atoms with Crippen molar-refractivity contribution in [1.29, 1.82) is 0 Å². The largest absolute Gasteiger partial charge is 0.103 e. The summed E-state index contributed by atoms with van der Waals surface area (Å²) in [6, 6.07) is 0. The van der Waals surface area contributed by atoms with Crippen LogP contribution in [0, 0.1) is 12.8 Å². The molecule has 0 spiro atoms. The van der Waals surface area contributed by atoms with Crippen molar-refractivity contribution in [3.63, 3.8) is 0 Å². The van der Waals surface area contributed by atoms with Gasteiger partial charge in [0.1, 0.15) is 0 Å². The Balaban J connectivity index is 2.86. The minimum Gasteiger partial charge on any atom is -0.103 e. The summed E-state index contributed by atoms with van der Waals surface area (Å²) in [5.41, 5.74) is 0. The summed E-state index contributed by atoms with van der Waals surface area (Å²) in [6.45, 7) is 9.87. The molecule has 0 fully saturated rings. The lowest BCUT2D eigenvalue weighted by Gasteiger charge is -2.03. The lowest BCUT2D eigenvalue weighted by atomic mass is 10.0. The van der Waals surface area contributed by atoms with Gasteiger partial charge in [0.2, 0.25) is 0 Å². The Labute approximate surface area is 78.1 Å². The van der Waals surface area contributed by atoms with E-state index in [-0.39, 0.29) is 0 Å². The Kier molecular flexibility index (Phi) is 8.64. The summed E-state index contributed by atoms with van der Waals surface area (Å²) in [7, 11) is 0. The van der Waals surface area contributed by atoms with E-state index in [0.29, 0.717) is 5.92 Å². The van der Waals surface area contributed by atoms with E-state index in [9.17, 15) is 0 Å². The lowest BCUT2D eigenvalue weighted by molar-refractivity contribution is 0.544. The number of hydrogen-bond donors (Lipinski definition) is 0. The highest BCUT2D eigenvalue weighted by molar-refractivity contribution is 4.65. The van der Waals surface area contributed by atoms with E-state index < -0.39 is 0 Å².